The second-order valence-electron chi connectivity index (χ2n) is 7.25. The Morgan fingerprint density at radius 2 is 1.93 bits per heavy atom. The maximum atomic E-state index is 13.4. The zero-order valence-corrected chi connectivity index (χ0v) is 16.5. The van der Waals surface area contributed by atoms with Gasteiger partial charge in [-0.1, -0.05) is 24.3 Å². The Kier molecular flexibility index (Phi) is 4.35. The van der Waals surface area contributed by atoms with Crippen molar-refractivity contribution in [2.45, 2.75) is 13.5 Å². The van der Waals surface area contributed by atoms with Crippen LogP contribution in [0.4, 0.5) is 5.69 Å². The molecule has 1 amide bonds. The lowest BCUT2D eigenvalue weighted by molar-refractivity contribution is -0.119. The van der Waals surface area contributed by atoms with Crippen LogP contribution in [0, 0.1) is 6.92 Å². The number of anilines is 1. The van der Waals surface area contributed by atoms with Crippen molar-refractivity contribution in [2.24, 2.45) is 0 Å². The predicted molar refractivity (Wildman–Crippen MR) is 114 cm³/mol. The first-order valence-electron chi connectivity index (χ1n) is 9.79. The Labute approximate surface area is 172 Å². The molecule has 0 fully saturated rings. The van der Waals surface area contributed by atoms with E-state index in [-0.39, 0.29) is 18.0 Å². The van der Waals surface area contributed by atoms with Gasteiger partial charge >= 0.3 is 0 Å². The number of hydrogen-bond acceptors (Lipinski definition) is 4. The van der Waals surface area contributed by atoms with Crippen LogP contribution in [0.1, 0.15) is 5.56 Å². The maximum Gasteiger partial charge on any atom is 0.280 e. The third-order valence-corrected chi connectivity index (χ3v) is 5.26. The molecule has 0 bridgehead atoms. The monoisotopic (exact) mass is 400 g/mol. The Balaban J connectivity index is 1.61. The van der Waals surface area contributed by atoms with Gasteiger partial charge in [-0.2, -0.15) is 0 Å². The highest BCUT2D eigenvalue weighted by Gasteiger charge is 2.26. The molecule has 0 spiro atoms. The van der Waals surface area contributed by atoms with Gasteiger partial charge in [0.05, 0.1) is 23.3 Å². The summed E-state index contributed by atoms with van der Waals surface area (Å²) in [5.74, 6) is 0.563. The summed E-state index contributed by atoms with van der Waals surface area (Å²) in [4.78, 5) is 32.6. The van der Waals surface area contributed by atoms with E-state index in [0.717, 1.165) is 11.3 Å². The molecule has 2 aromatic carbocycles. The molecule has 5 rings (SSSR count). The molecule has 30 heavy (non-hydrogen) atoms. The lowest BCUT2D eigenvalue weighted by Gasteiger charge is -2.30. The van der Waals surface area contributed by atoms with Crippen molar-refractivity contribution in [1.29, 1.82) is 0 Å². The molecule has 1 aliphatic rings. The van der Waals surface area contributed by atoms with Gasteiger partial charge in [-0.15, -0.1) is 0 Å². The number of aryl methyl sites for hydroxylation is 1. The first-order chi connectivity index (χ1) is 14.6. The van der Waals surface area contributed by atoms with Crippen LogP contribution in [0.25, 0.3) is 16.7 Å². The molecule has 150 valence electrons. The minimum absolute atomic E-state index is 0.0158. The molecular formula is C23H20N4O3. The molecule has 2 aromatic heterocycles. The Morgan fingerprint density at radius 3 is 2.77 bits per heavy atom. The molecule has 0 N–H and O–H groups in total. The highest BCUT2D eigenvalue weighted by atomic mass is 16.5. The number of nitrogens with zero attached hydrogens (tertiary/aromatic N) is 4. The highest BCUT2D eigenvalue weighted by molar-refractivity contribution is 5.96. The lowest BCUT2D eigenvalue weighted by atomic mass is 10.1. The number of benzene rings is 2. The Hall–Kier alpha value is -3.87. The summed E-state index contributed by atoms with van der Waals surface area (Å²) < 4.78 is 8.88. The van der Waals surface area contributed by atoms with Gasteiger partial charge in [0.15, 0.2) is 5.65 Å². The van der Waals surface area contributed by atoms with E-state index in [1.54, 1.807) is 27.9 Å². The minimum Gasteiger partial charge on any atom is -0.490 e. The average Bonchev–Trinajstić information content (AvgIpc) is 3.05. The summed E-state index contributed by atoms with van der Waals surface area (Å²) in [6.45, 7) is 2.85. The van der Waals surface area contributed by atoms with Crippen LogP contribution in [0.2, 0.25) is 0 Å². The van der Waals surface area contributed by atoms with Crippen LogP contribution in [0.5, 0.6) is 5.75 Å². The van der Waals surface area contributed by atoms with Crippen molar-refractivity contribution in [1.82, 2.24) is 14.3 Å². The number of carbonyl (C=O) groups excluding carboxylic acids is 1. The van der Waals surface area contributed by atoms with Crippen molar-refractivity contribution in [3.63, 3.8) is 0 Å². The molecule has 3 heterocycles. The Bertz CT molecular complexity index is 1310. The lowest BCUT2D eigenvalue weighted by Crippen LogP contribution is -2.41. The second kappa shape index (κ2) is 7.18. The van der Waals surface area contributed by atoms with Gasteiger partial charge in [0, 0.05) is 6.20 Å². The molecule has 0 saturated carbocycles. The summed E-state index contributed by atoms with van der Waals surface area (Å²) in [7, 11) is 0. The van der Waals surface area contributed by atoms with Gasteiger partial charge in [-0.3, -0.25) is 14.3 Å². The third-order valence-electron chi connectivity index (χ3n) is 5.26. The van der Waals surface area contributed by atoms with Crippen LogP contribution >= 0.6 is 0 Å². The third kappa shape index (κ3) is 2.95. The van der Waals surface area contributed by atoms with E-state index in [0.29, 0.717) is 35.6 Å². The molecule has 0 atom stereocenters. The van der Waals surface area contributed by atoms with Crippen LogP contribution in [0.3, 0.4) is 0 Å². The van der Waals surface area contributed by atoms with Gasteiger partial charge in [0.2, 0.25) is 5.91 Å². The van der Waals surface area contributed by atoms with Crippen molar-refractivity contribution >= 4 is 22.6 Å². The van der Waals surface area contributed by atoms with Crippen LogP contribution < -0.4 is 15.2 Å². The molecule has 7 nitrogen and oxygen atoms in total. The SMILES string of the molecule is Cc1ccc2c(c1)N(C(=O)Cn1c3ncccc3c(=O)n1-c1ccccc1)CCO2. The summed E-state index contributed by atoms with van der Waals surface area (Å²) in [5, 5.41) is 0.479. The van der Waals surface area contributed by atoms with E-state index in [9.17, 15) is 9.59 Å². The number of ether oxygens (including phenoxy) is 1. The number of rotatable bonds is 3. The van der Waals surface area contributed by atoms with E-state index in [1.165, 1.54) is 4.68 Å². The van der Waals surface area contributed by atoms with Gasteiger partial charge in [0.25, 0.3) is 5.56 Å². The molecule has 0 radical (unpaired) electrons. The first kappa shape index (κ1) is 18.2. The van der Waals surface area contributed by atoms with Crippen LogP contribution in [-0.4, -0.2) is 33.4 Å². The van der Waals surface area contributed by atoms with Gasteiger partial charge in [-0.25, -0.2) is 9.67 Å². The largest absolute Gasteiger partial charge is 0.490 e. The van der Waals surface area contributed by atoms with Crippen molar-refractivity contribution < 1.29 is 9.53 Å². The van der Waals surface area contributed by atoms with Crippen LogP contribution in [-0.2, 0) is 11.3 Å². The topological polar surface area (TPSA) is 69.4 Å². The number of hydrogen-bond donors (Lipinski definition) is 0. The van der Waals surface area contributed by atoms with E-state index in [1.807, 2.05) is 55.5 Å². The summed E-state index contributed by atoms with van der Waals surface area (Å²) in [6, 6.07) is 18.6. The standard InChI is InChI=1S/C23H20N4O3/c1-16-9-10-20-19(14-16)25(12-13-30-20)21(28)15-26-22-18(8-5-11-24-22)23(29)27(26)17-6-3-2-4-7-17/h2-11,14H,12-13,15H2,1H3. The minimum atomic E-state index is -0.199. The zero-order chi connectivity index (χ0) is 20.7. The number of para-hydroxylation sites is 1. The molecule has 0 aliphatic carbocycles. The van der Waals surface area contributed by atoms with Gasteiger partial charge in [-0.05, 0) is 48.9 Å². The fourth-order valence-electron chi connectivity index (χ4n) is 3.86. The average molecular weight is 400 g/mol. The fraction of sp³-hybridized carbons (Fsp3) is 0.174. The van der Waals surface area contributed by atoms with Crippen molar-refractivity contribution in [2.75, 3.05) is 18.1 Å². The summed E-state index contributed by atoms with van der Waals surface area (Å²) >= 11 is 0. The zero-order valence-electron chi connectivity index (χ0n) is 16.5. The number of pyridine rings is 1. The van der Waals surface area contributed by atoms with Gasteiger partial charge in [0.1, 0.15) is 18.9 Å². The number of aromatic nitrogens is 3. The maximum absolute atomic E-state index is 13.4. The summed E-state index contributed by atoms with van der Waals surface area (Å²) in [5.41, 5.74) is 2.77. The van der Waals surface area contributed by atoms with E-state index in [2.05, 4.69) is 4.98 Å². The smallest absolute Gasteiger partial charge is 0.280 e. The molecule has 0 unspecified atom stereocenters. The number of fused-ring (bicyclic) bond motifs is 2. The van der Waals surface area contributed by atoms with E-state index in [4.69, 9.17) is 4.74 Å². The molecule has 1 aliphatic heterocycles. The molecular weight excluding hydrogens is 380 g/mol. The van der Waals surface area contributed by atoms with E-state index < -0.39 is 0 Å². The molecule has 4 aromatic rings. The normalized spacial score (nSPS) is 13.2. The predicted octanol–water partition coefficient (Wildman–Crippen LogP) is 2.92. The fourth-order valence-corrected chi connectivity index (χ4v) is 3.86. The summed E-state index contributed by atoms with van der Waals surface area (Å²) in [6.07, 6.45) is 1.63. The first-order valence-corrected chi connectivity index (χ1v) is 9.79. The van der Waals surface area contributed by atoms with E-state index >= 15 is 0 Å². The highest BCUT2D eigenvalue weighted by Crippen LogP contribution is 2.32. The number of carbonyl (C=O) groups is 1. The van der Waals surface area contributed by atoms with Crippen LogP contribution in [0.15, 0.2) is 71.7 Å². The van der Waals surface area contributed by atoms with Crippen molar-refractivity contribution in [3.05, 3.63) is 82.8 Å². The van der Waals surface area contributed by atoms with Crippen molar-refractivity contribution in [3.8, 4) is 11.4 Å². The quantitative estimate of drug-likeness (QED) is 0.530. The number of amides is 1. The molecule has 7 heteroatoms. The molecule has 0 saturated heterocycles. The van der Waals surface area contributed by atoms with Gasteiger partial charge < -0.3 is 9.64 Å². The second-order valence-corrected chi connectivity index (χ2v) is 7.25. The Morgan fingerprint density at radius 1 is 1.10 bits per heavy atom.